The molecular formula is C84H49BN4. The average Bonchev–Trinajstić information content (AvgIpc) is 0.720. The number of para-hydroxylation sites is 1. The van der Waals surface area contributed by atoms with Crippen LogP contribution in [0.4, 0.5) is 34.1 Å². The standard InChI is InChI=1S/C84H49BN4/c1-4-18-50(19-5-1)52-38-42-58(43-39-52)88-72-46-57(84-86-71-37-11-10-28-66(71)83(87-84)56-22-8-3-9-23-56)47-73-82(72)85(80-67-35-16-33-62-60-29-12-24-54-26-14-31-64(76(54)60)69(78(62)67)48-74(80)88)81-68-36-17-34-63-61-30-13-25-55-27-15-32-65(77(55)61)70(79(63)68)49-75(81)89(73)59-44-40-53(41-45-59)51-20-6-2-7-21-51/h1-49H. The van der Waals surface area contributed by atoms with E-state index in [2.05, 4.69) is 307 Å². The first-order chi connectivity index (χ1) is 44.2. The molecule has 0 aliphatic carbocycles. The first-order valence-electron chi connectivity index (χ1n) is 30.8. The van der Waals surface area contributed by atoms with Crippen molar-refractivity contribution in [2.75, 3.05) is 9.80 Å². The Morgan fingerprint density at radius 2 is 0.596 bits per heavy atom. The molecule has 0 saturated carbocycles. The topological polar surface area (TPSA) is 32.3 Å². The van der Waals surface area contributed by atoms with Crippen LogP contribution in [0.25, 0.3) is 142 Å². The second kappa shape index (κ2) is 18.4. The molecule has 2 aliphatic heterocycles. The SMILES string of the molecule is c1ccc(-c2ccc(N3c4cc(-c5nc(-c6ccccc6)c6ccccc6n5)cc5c4B(c4c3cc3c6cccc7cccc(c8cccc4c83)c76)c3c(cc4c6cccc7cccc(c8cccc3c84)c76)N5c3ccc(-c4ccccc4)cc3)cc2)cc1. The molecule has 17 aromatic carbocycles. The Labute approximate surface area is 513 Å². The fourth-order valence-corrected chi connectivity index (χ4v) is 16.0. The molecule has 0 bridgehead atoms. The predicted octanol–water partition coefficient (Wildman–Crippen LogP) is 20.5. The van der Waals surface area contributed by atoms with Gasteiger partial charge in [0.2, 0.25) is 0 Å². The zero-order chi connectivity index (χ0) is 58.0. The largest absolute Gasteiger partial charge is 0.311 e. The van der Waals surface area contributed by atoms with Crippen LogP contribution in [0.3, 0.4) is 0 Å². The van der Waals surface area contributed by atoms with E-state index in [1.807, 2.05) is 0 Å². The van der Waals surface area contributed by atoms with E-state index in [9.17, 15) is 0 Å². The number of fused-ring (bicyclic) bond motifs is 11. The van der Waals surface area contributed by atoms with Crippen molar-refractivity contribution < 1.29 is 0 Å². The van der Waals surface area contributed by atoms with Gasteiger partial charge in [-0.05, 0) is 179 Å². The lowest BCUT2D eigenvalue weighted by molar-refractivity contribution is 1.21. The minimum atomic E-state index is -0.245. The Morgan fingerprint density at radius 3 is 1.07 bits per heavy atom. The summed E-state index contributed by atoms with van der Waals surface area (Å²) < 4.78 is 0. The molecule has 3 heterocycles. The van der Waals surface area contributed by atoms with E-state index in [1.165, 1.54) is 114 Å². The van der Waals surface area contributed by atoms with Crippen LogP contribution >= 0.6 is 0 Å². The molecular weight excluding hydrogens is 1080 g/mol. The Morgan fingerprint density at radius 1 is 0.236 bits per heavy atom. The summed E-state index contributed by atoms with van der Waals surface area (Å²) in [4.78, 5) is 16.4. The molecule has 0 unspecified atom stereocenters. The van der Waals surface area contributed by atoms with Crippen LogP contribution in [0.5, 0.6) is 0 Å². The monoisotopic (exact) mass is 1120 g/mol. The molecule has 18 aromatic rings. The number of rotatable bonds is 6. The molecule has 0 spiro atoms. The van der Waals surface area contributed by atoms with Gasteiger partial charge in [0, 0.05) is 50.6 Å². The maximum Gasteiger partial charge on any atom is 0.253 e. The zero-order valence-corrected chi connectivity index (χ0v) is 48.2. The molecule has 0 fully saturated rings. The summed E-state index contributed by atoms with van der Waals surface area (Å²) >= 11 is 0. The Balaban J connectivity index is 0.979. The lowest BCUT2D eigenvalue weighted by Gasteiger charge is -2.45. The van der Waals surface area contributed by atoms with E-state index in [0.717, 1.165) is 73.0 Å². The quantitative estimate of drug-likeness (QED) is 0.0944. The second-order valence-electron chi connectivity index (χ2n) is 24.2. The van der Waals surface area contributed by atoms with Crippen LogP contribution in [0.1, 0.15) is 0 Å². The first-order valence-corrected chi connectivity index (χ1v) is 30.8. The summed E-state index contributed by atoms with van der Waals surface area (Å²) in [6, 6.07) is 111. The number of nitrogens with zero attached hydrogens (tertiary/aromatic N) is 4. The highest BCUT2D eigenvalue weighted by Crippen LogP contribution is 2.52. The van der Waals surface area contributed by atoms with Crippen molar-refractivity contribution in [3.8, 4) is 44.9 Å². The lowest BCUT2D eigenvalue weighted by atomic mass is 9.32. The normalized spacial score (nSPS) is 12.9. The molecule has 89 heavy (non-hydrogen) atoms. The third-order valence-corrected chi connectivity index (χ3v) is 19.7. The molecule has 5 heteroatoms. The van der Waals surface area contributed by atoms with Gasteiger partial charge in [-0.15, -0.1) is 0 Å². The summed E-state index contributed by atoms with van der Waals surface area (Å²) in [6.07, 6.45) is 0. The van der Waals surface area contributed by atoms with Gasteiger partial charge >= 0.3 is 0 Å². The highest BCUT2D eigenvalue weighted by molar-refractivity contribution is 7.03. The van der Waals surface area contributed by atoms with E-state index in [0.29, 0.717) is 5.82 Å². The van der Waals surface area contributed by atoms with Gasteiger partial charge in [-0.2, -0.15) is 0 Å². The molecule has 2 aliphatic rings. The van der Waals surface area contributed by atoms with Crippen molar-refractivity contribution in [2.45, 2.75) is 0 Å². The third-order valence-electron chi connectivity index (χ3n) is 19.7. The van der Waals surface area contributed by atoms with Gasteiger partial charge in [-0.1, -0.05) is 243 Å². The first kappa shape index (κ1) is 48.6. The van der Waals surface area contributed by atoms with E-state index >= 15 is 0 Å². The van der Waals surface area contributed by atoms with Crippen molar-refractivity contribution in [3.63, 3.8) is 0 Å². The minimum Gasteiger partial charge on any atom is -0.311 e. The third kappa shape index (κ3) is 6.90. The predicted molar refractivity (Wildman–Crippen MR) is 378 cm³/mol. The van der Waals surface area contributed by atoms with Crippen molar-refractivity contribution in [1.29, 1.82) is 0 Å². The molecule has 0 radical (unpaired) electrons. The van der Waals surface area contributed by atoms with Crippen LogP contribution in [-0.2, 0) is 0 Å². The van der Waals surface area contributed by atoms with Crippen molar-refractivity contribution in [1.82, 2.24) is 9.97 Å². The summed E-state index contributed by atoms with van der Waals surface area (Å²) in [5, 5.41) is 21.3. The van der Waals surface area contributed by atoms with Gasteiger partial charge in [-0.25, -0.2) is 9.97 Å². The second-order valence-corrected chi connectivity index (χ2v) is 24.2. The number of anilines is 6. The van der Waals surface area contributed by atoms with Crippen LogP contribution in [0, 0.1) is 0 Å². The van der Waals surface area contributed by atoms with E-state index < -0.39 is 0 Å². The van der Waals surface area contributed by atoms with Crippen LogP contribution in [-0.4, -0.2) is 16.7 Å². The molecule has 1 aromatic heterocycles. The van der Waals surface area contributed by atoms with Crippen molar-refractivity contribution in [2.24, 2.45) is 0 Å². The molecule has 0 atom stereocenters. The molecule has 20 rings (SSSR count). The van der Waals surface area contributed by atoms with Crippen LogP contribution in [0.2, 0.25) is 0 Å². The Bertz CT molecular complexity index is 5650. The summed E-state index contributed by atoms with van der Waals surface area (Å²) in [6.45, 7) is -0.245. The number of aromatic nitrogens is 2. The van der Waals surface area contributed by atoms with Gasteiger partial charge in [0.05, 0.1) is 11.2 Å². The molecule has 4 nitrogen and oxygen atoms in total. The number of hydrogen-bond acceptors (Lipinski definition) is 4. The summed E-state index contributed by atoms with van der Waals surface area (Å²) in [5.74, 6) is 0.663. The van der Waals surface area contributed by atoms with Gasteiger partial charge in [0.15, 0.2) is 5.82 Å². The maximum absolute atomic E-state index is 5.69. The molecule has 408 valence electrons. The van der Waals surface area contributed by atoms with Gasteiger partial charge in [0.1, 0.15) is 0 Å². The molecule has 0 N–H and O–H groups in total. The van der Waals surface area contributed by atoms with Crippen molar-refractivity contribution >= 4 is 154 Å². The highest BCUT2D eigenvalue weighted by Gasteiger charge is 2.46. The van der Waals surface area contributed by atoms with E-state index in [-0.39, 0.29) is 6.71 Å². The van der Waals surface area contributed by atoms with E-state index in [4.69, 9.17) is 9.97 Å². The van der Waals surface area contributed by atoms with Crippen LogP contribution in [0.15, 0.2) is 297 Å². The maximum atomic E-state index is 5.69. The highest BCUT2D eigenvalue weighted by atomic mass is 15.2. The lowest BCUT2D eigenvalue weighted by Crippen LogP contribution is -2.61. The fraction of sp³-hybridized carbons (Fsp3) is 0. The summed E-state index contributed by atoms with van der Waals surface area (Å²) in [7, 11) is 0. The Kier molecular flexibility index (Phi) is 10.1. The van der Waals surface area contributed by atoms with Crippen LogP contribution < -0.4 is 26.2 Å². The minimum absolute atomic E-state index is 0.245. The van der Waals surface area contributed by atoms with Gasteiger partial charge in [-0.3, -0.25) is 0 Å². The average molecular weight is 1130 g/mol. The summed E-state index contributed by atoms with van der Waals surface area (Å²) in [5.41, 5.74) is 18.9. The number of benzene rings is 17. The Hall–Kier alpha value is -11.7. The van der Waals surface area contributed by atoms with Gasteiger partial charge in [0.25, 0.3) is 6.71 Å². The molecule has 0 amide bonds. The van der Waals surface area contributed by atoms with Gasteiger partial charge < -0.3 is 9.80 Å². The van der Waals surface area contributed by atoms with E-state index in [1.54, 1.807) is 0 Å². The number of hydrogen-bond donors (Lipinski definition) is 0. The zero-order valence-electron chi connectivity index (χ0n) is 48.2. The molecule has 0 saturated heterocycles. The smallest absolute Gasteiger partial charge is 0.253 e. The fourth-order valence-electron chi connectivity index (χ4n) is 16.0. The van der Waals surface area contributed by atoms with Crippen molar-refractivity contribution in [3.05, 3.63) is 297 Å².